The van der Waals surface area contributed by atoms with Crippen molar-refractivity contribution in [2.45, 2.75) is 16.2 Å². The predicted octanol–water partition coefficient (Wildman–Crippen LogP) is 5.32. The topological polar surface area (TPSA) is 63.6 Å². The molecule has 3 aromatic rings. The fraction of sp³-hybridized carbons (Fsp3) is 0.158. The van der Waals surface area contributed by atoms with Crippen LogP contribution in [0.25, 0.3) is 10.8 Å². The van der Waals surface area contributed by atoms with Gasteiger partial charge < -0.3 is 5.11 Å². The smallest absolute Gasteiger partial charge is 0.508 e. The Morgan fingerprint density at radius 1 is 0.929 bits per heavy atom. The summed E-state index contributed by atoms with van der Waals surface area (Å²) in [5, 5.41) is 11.2. The Labute approximate surface area is 162 Å². The maximum Gasteiger partial charge on any atom is 0.523 e. The molecule has 1 N–H and O–H groups in total. The number of phenols is 1. The first-order valence-corrected chi connectivity index (χ1v) is 11.6. The van der Waals surface area contributed by atoms with E-state index in [1.165, 1.54) is 30.5 Å². The third-order valence-electron chi connectivity index (χ3n) is 4.17. The van der Waals surface area contributed by atoms with Crippen molar-refractivity contribution >= 4 is 31.2 Å². The molecule has 0 aromatic heterocycles. The fourth-order valence-corrected chi connectivity index (χ4v) is 6.95. The van der Waals surface area contributed by atoms with Gasteiger partial charge in [-0.1, -0.05) is 52.8 Å². The number of hydrogen-bond donors (Lipinski definition) is 1. The van der Waals surface area contributed by atoms with Gasteiger partial charge in [-0.15, -0.1) is 0 Å². The van der Waals surface area contributed by atoms with Crippen LogP contribution < -0.4 is 0 Å². The maximum absolute atomic E-state index is 13.0. The molecule has 0 amide bonds. The van der Waals surface area contributed by atoms with E-state index in [0.29, 0.717) is 5.56 Å². The lowest BCUT2D eigenvalue weighted by Crippen LogP contribution is -2.27. The second-order valence-corrected chi connectivity index (χ2v) is 10.9. The molecule has 0 saturated heterocycles. The highest BCUT2D eigenvalue weighted by Crippen LogP contribution is 2.59. The molecule has 1 unspecified atom stereocenters. The zero-order chi connectivity index (χ0) is 20.6. The van der Waals surface area contributed by atoms with Crippen LogP contribution in [-0.2, 0) is 19.5 Å². The van der Waals surface area contributed by atoms with Crippen molar-refractivity contribution in [3.8, 4) is 5.75 Å². The van der Waals surface area contributed by atoms with Gasteiger partial charge >= 0.3 is 15.6 Å². The minimum Gasteiger partial charge on any atom is -0.508 e. The summed E-state index contributed by atoms with van der Waals surface area (Å²) in [5.41, 5.74) is -4.86. The third-order valence-corrected chi connectivity index (χ3v) is 8.79. The van der Waals surface area contributed by atoms with E-state index in [1.807, 2.05) is 24.3 Å². The molecule has 0 saturated carbocycles. The molecule has 4 nitrogen and oxygen atoms in total. The summed E-state index contributed by atoms with van der Waals surface area (Å²) in [6, 6.07) is 18.0. The SMILES string of the molecule is CS(Cc1cccc2ccccc12)(OS(=O)(=O)C(F)(F)F)c1ccc(O)cc1. The molecule has 3 rings (SSSR count). The van der Waals surface area contributed by atoms with Crippen LogP contribution in [0.3, 0.4) is 0 Å². The molecule has 3 aromatic carbocycles. The predicted molar refractivity (Wildman–Crippen MR) is 104 cm³/mol. The highest BCUT2D eigenvalue weighted by atomic mass is 32.3. The van der Waals surface area contributed by atoms with Crippen LogP contribution in [0.15, 0.2) is 71.6 Å². The Morgan fingerprint density at radius 3 is 2.18 bits per heavy atom. The van der Waals surface area contributed by atoms with Crippen LogP contribution in [0.1, 0.15) is 5.56 Å². The van der Waals surface area contributed by atoms with Crippen molar-refractivity contribution < 1.29 is 30.3 Å². The number of alkyl halides is 3. The monoisotopic (exact) mass is 430 g/mol. The molecule has 28 heavy (non-hydrogen) atoms. The molecular weight excluding hydrogens is 413 g/mol. The average molecular weight is 430 g/mol. The maximum atomic E-state index is 13.0. The van der Waals surface area contributed by atoms with Gasteiger partial charge in [0.15, 0.2) is 0 Å². The summed E-state index contributed by atoms with van der Waals surface area (Å²) in [5.74, 6) is -0.136. The number of fused-ring (bicyclic) bond motifs is 1. The second kappa shape index (κ2) is 7.31. The summed E-state index contributed by atoms with van der Waals surface area (Å²) in [6.07, 6.45) is 1.37. The van der Waals surface area contributed by atoms with E-state index >= 15 is 0 Å². The summed E-state index contributed by atoms with van der Waals surface area (Å²) < 4.78 is 67.4. The van der Waals surface area contributed by atoms with E-state index in [1.54, 1.807) is 18.2 Å². The van der Waals surface area contributed by atoms with Gasteiger partial charge in [-0.3, -0.25) is 0 Å². The molecule has 0 heterocycles. The van der Waals surface area contributed by atoms with E-state index in [9.17, 15) is 26.7 Å². The molecule has 0 aliphatic rings. The van der Waals surface area contributed by atoms with Gasteiger partial charge in [-0.05, 0) is 46.9 Å². The quantitative estimate of drug-likeness (QED) is 0.557. The number of rotatable bonds is 5. The Hall–Kier alpha value is -2.23. The number of aromatic hydroxyl groups is 1. The fourth-order valence-electron chi connectivity index (χ4n) is 2.83. The first-order valence-electron chi connectivity index (χ1n) is 8.06. The lowest BCUT2D eigenvalue weighted by Gasteiger charge is -2.35. The normalized spacial score (nSPS) is 15.9. The van der Waals surface area contributed by atoms with Gasteiger partial charge in [0.25, 0.3) is 0 Å². The summed E-state index contributed by atoms with van der Waals surface area (Å²) >= 11 is 0. The van der Waals surface area contributed by atoms with Gasteiger partial charge in [-0.2, -0.15) is 21.6 Å². The highest BCUT2D eigenvalue weighted by molar-refractivity contribution is 8.32. The minimum absolute atomic E-state index is 0.0472. The standard InChI is InChI=1S/C19H17F3O4S2/c1-27(17-11-9-16(23)10-12-17,26-28(24,25)19(20,21)22)13-15-7-4-6-14-5-2-3-8-18(14)15/h2-12,23H,13H2,1H3. The molecule has 0 aliphatic heterocycles. The Balaban J connectivity index is 2.12. The van der Waals surface area contributed by atoms with E-state index in [4.69, 9.17) is 3.63 Å². The molecular formula is C19H17F3O4S2. The van der Waals surface area contributed by atoms with Crippen LogP contribution >= 0.6 is 10.3 Å². The van der Waals surface area contributed by atoms with Gasteiger partial charge in [0.2, 0.25) is 0 Å². The van der Waals surface area contributed by atoms with Gasteiger partial charge in [-0.25, -0.2) is 3.63 Å². The Morgan fingerprint density at radius 2 is 1.54 bits per heavy atom. The van der Waals surface area contributed by atoms with E-state index in [2.05, 4.69) is 0 Å². The zero-order valence-electron chi connectivity index (χ0n) is 14.7. The molecule has 150 valence electrons. The van der Waals surface area contributed by atoms with E-state index in [0.717, 1.165) is 10.8 Å². The van der Waals surface area contributed by atoms with Gasteiger partial charge in [0.1, 0.15) is 5.75 Å². The average Bonchev–Trinajstić information content (AvgIpc) is 2.61. The zero-order valence-corrected chi connectivity index (χ0v) is 16.3. The molecule has 0 spiro atoms. The van der Waals surface area contributed by atoms with E-state index < -0.39 is 25.9 Å². The first kappa shape index (κ1) is 20.5. The van der Waals surface area contributed by atoms with Crippen molar-refractivity contribution in [1.29, 1.82) is 0 Å². The highest BCUT2D eigenvalue weighted by Gasteiger charge is 2.50. The summed E-state index contributed by atoms with van der Waals surface area (Å²) in [4.78, 5) is 0.269. The van der Waals surface area contributed by atoms with Crippen LogP contribution in [-0.4, -0.2) is 25.3 Å². The summed E-state index contributed by atoms with van der Waals surface area (Å²) in [6.45, 7) is 0. The van der Waals surface area contributed by atoms with Crippen LogP contribution in [0, 0.1) is 0 Å². The molecule has 0 bridgehead atoms. The van der Waals surface area contributed by atoms with Crippen molar-refractivity contribution in [2.24, 2.45) is 0 Å². The van der Waals surface area contributed by atoms with Crippen molar-refractivity contribution in [3.63, 3.8) is 0 Å². The minimum atomic E-state index is -5.81. The number of benzene rings is 3. The van der Waals surface area contributed by atoms with Crippen LogP contribution in [0.4, 0.5) is 13.2 Å². The number of halogens is 3. The molecule has 0 aliphatic carbocycles. The van der Waals surface area contributed by atoms with E-state index in [-0.39, 0.29) is 16.4 Å². The number of hydrogen-bond acceptors (Lipinski definition) is 4. The van der Waals surface area contributed by atoms with Gasteiger partial charge in [0, 0.05) is 10.6 Å². The molecule has 0 fully saturated rings. The second-order valence-electron chi connectivity index (χ2n) is 6.25. The van der Waals surface area contributed by atoms with Crippen LogP contribution in [0.5, 0.6) is 5.75 Å². The first-order chi connectivity index (χ1) is 13.0. The third kappa shape index (κ3) is 4.11. The molecule has 1 atom stereocenters. The molecule has 0 radical (unpaired) electrons. The lowest BCUT2D eigenvalue weighted by atomic mass is 10.1. The number of phenolic OH excluding ortho intramolecular Hbond substituents is 1. The largest absolute Gasteiger partial charge is 0.523 e. The Bertz CT molecular complexity index is 1090. The van der Waals surface area contributed by atoms with Gasteiger partial charge in [0.05, 0.1) is 0 Å². The van der Waals surface area contributed by atoms with Crippen molar-refractivity contribution in [1.82, 2.24) is 0 Å². The Kier molecular flexibility index (Phi) is 5.35. The molecule has 9 heteroatoms. The lowest BCUT2D eigenvalue weighted by molar-refractivity contribution is -0.0496. The van der Waals surface area contributed by atoms with Crippen molar-refractivity contribution in [3.05, 3.63) is 72.3 Å². The van der Waals surface area contributed by atoms with Crippen molar-refractivity contribution in [2.75, 3.05) is 6.26 Å². The van der Waals surface area contributed by atoms with Crippen LogP contribution in [0.2, 0.25) is 0 Å². The summed E-state index contributed by atoms with van der Waals surface area (Å²) in [7, 11) is -8.75.